The number of aryl methyl sites for hydroxylation is 3. The number of aromatic nitrogens is 4. The van der Waals surface area contributed by atoms with E-state index in [9.17, 15) is 14.0 Å². The average molecular weight is 584 g/mol. The number of rotatable bonds is 9. The Bertz CT molecular complexity index is 1660. The Morgan fingerprint density at radius 3 is 2.51 bits per heavy atom. The van der Waals surface area contributed by atoms with Crippen LogP contribution in [0.5, 0.6) is 0 Å². The minimum absolute atomic E-state index is 0.177. The molecule has 0 radical (unpaired) electrons. The number of hydrogen-bond donors (Lipinski definition) is 4. The first kappa shape index (κ1) is 28.8. The predicted molar refractivity (Wildman–Crippen MR) is 164 cm³/mol. The molecule has 43 heavy (non-hydrogen) atoms. The standard InChI is InChI=1S/C33H38FN7O2/c1-19-28(20(2)40-39-19)22-7-10-25(11-8-22)37-30(42)29(38-31(43)33(34)13-14-33)26-12-9-21-5-6-23(15-27(21)26)24-16-36-41(17-24)32(3,4)18-35/h5-8,10-11,15-17,26,29H,9,12-14,18,35H2,1-4H3,(H,37,42)(H,38,43)(H,39,40)/t26-,29+/m1/s1. The number of fused-ring (bicyclic) bond motifs is 1. The molecule has 2 amide bonds. The molecule has 0 spiro atoms. The highest BCUT2D eigenvalue weighted by molar-refractivity contribution is 6.00. The summed E-state index contributed by atoms with van der Waals surface area (Å²) < 4.78 is 16.7. The van der Waals surface area contributed by atoms with E-state index >= 15 is 0 Å². The molecule has 0 aliphatic heterocycles. The summed E-state index contributed by atoms with van der Waals surface area (Å²) in [4.78, 5) is 26.7. The lowest BCUT2D eigenvalue weighted by Gasteiger charge is -2.26. The van der Waals surface area contributed by atoms with Crippen LogP contribution in [0.3, 0.4) is 0 Å². The van der Waals surface area contributed by atoms with Crippen molar-refractivity contribution in [2.45, 2.75) is 76.5 Å². The number of aromatic amines is 1. The zero-order valence-corrected chi connectivity index (χ0v) is 25.0. The quantitative estimate of drug-likeness (QED) is 0.223. The van der Waals surface area contributed by atoms with Gasteiger partial charge in [0.05, 0.1) is 17.4 Å². The minimum atomic E-state index is -1.89. The van der Waals surface area contributed by atoms with Crippen molar-refractivity contribution in [3.8, 4) is 22.3 Å². The normalized spacial score (nSPS) is 17.8. The Hall–Kier alpha value is -4.31. The van der Waals surface area contributed by atoms with Gasteiger partial charge in [-0.1, -0.05) is 30.3 Å². The van der Waals surface area contributed by atoms with Gasteiger partial charge in [-0.15, -0.1) is 0 Å². The van der Waals surface area contributed by atoms with Gasteiger partial charge in [0.2, 0.25) is 5.91 Å². The molecule has 2 aromatic carbocycles. The molecular formula is C33H38FN7O2. The summed E-state index contributed by atoms with van der Waals surface area (Å²) in [7, 11) is 0. The topological polar surface area (TPSA) is 131 Å². The van der Waals surface area contributed by atoms with Gasteiger partial charge >= 0.3 is 0 Å². The van der Waals surface area contributed by atoms with Gasteiger partial charge in [0.1, 0.15) is 6.04 Å². The third-order valence-corrected chi connectivity index (χ3v) is 8.94. The smallest absolute Gasteiger partial charge is 0.258 e. The number of benzene rings is 2. The molecule has 1 saturated carbocycles. The van der Waals surface area contributed by atoms with Crippen molar-refractivity contribution in [3.05, 3.63) is 77.4 Å². The summed E-state index contributed by atoms with van der Waals surface area (Å²) in [5.41, 5.74) is 12.2. The highest BCUT2D eigenvalue weighted by Crippen LogP contribution is 2.42. The van der Waals surface area contributed by atoms with Gasteiger partial charge in [0.25, 0.3) is 5.91 Å². The number of nitrogens with two attached hydrogens (primary N) is 1. The summed E-state index contributed by atoms with van der Waals surface area (Å²) in [6, 6.07) is 12.8. The van der Waals surface area contributed by atoms with E-state index in [-0.39, 0.29) is 30.2 Å². The van der Waals surface area contributed by atoms with Gasteiger partial charge in [-0.05, 0) is 87.8 Å². The Labute approximate surface area is 250 Å². The van der Waals surface area contributed by atoms with Gasteiger partial charge in [-0.25, -0.2) is 4.39 Å². The van der Waals surface area contributed by atoms with Crippen LogP contribution in [0.1, 0.15) is 61.5 Å². The van der Waals surface area contributed by atoms with Crippen LogP contribution in [0.2, 0.25) is 0 Å². The van der Waals surface area contributed by atoms with Gasteiger partial charge in [-0.3, -0.25) is 19.4 Å². The van der Waals surface area contributed by atoms with Gasteiger partial charge in [0, 0.05) is 41.2 Å². The Morgan fingerprint density at radius 1 is 1.14 bits per heavy atom. The highest BCUT2D eigenvalue weighted by atomic mass is 19.1. The first-order valence-corrected chi connectivity index (χ1v) is 14.8. The van der Waals surface area contributed by atoms with E-state index < -0.39 is 17.6 Å². The molecule has 224 valence electrons. The highest BCUT2D eigenvalue weighted by Gasteiger charge is 2.52. The van der Waals surface area contributed by atoms with Crippen LogP contribution in [0.25, 0.3) is 22.3 Å². The number of hydrogen-bond acceptors (Lipinski definition) is 5. The third kappa shape index (κ3) is 5.47. The number of H-pyrrole nitrogens is 1. The molecule has 10 heteroatoms. The van der Waals surface area contributed by atoms with Crippen molar-refractivity contribution < 1.29 is 14.0 Å². The lowest BCUT2D eigenvalue weighted by molar-refractivity contribution is -0.131. The predicted octanol–water partition coefficient (Wildman–Crippen LogP) is 4.91. The second-order valence-electron chi connectivity index (χ2n) is 12.5. The van der Waals surface area contributed by atoms with Crippen molar-refractivity contribution in [1.82, 2.24) is 25.3 Å². The lowest BCUT2D eigenvalue weighted by atomic mass is 9.90. The molecule has 2 atom stereocenters. The molecule has 2 heterocycles. The molecule has 1 fully saturated rings. The van der Waals surface area contributed by atoms with Crippen molar-refractivity contribution in [2.75, 3.05) is 11.9 Å². The minimum Gasteiger partial charge on any atom is -0.341 e. The van der Waals surface area contributed by atoms with Crippen LogP contribution in [0.4, 0.5) is 10.1 Å². The van der Waals surface area contributed by atoms with Crippen LogP contribution in [0.15, 0.2) is 54.9 Å². The molecule has 5 N–H and O–H groups in total. The molecular weight excluding hydrogens is 545 g/mol. The lowest BCUT2D eigenvalue weighted by Crippen LogP contribution is -2.50. The number of nitrogens with one attached hydrogen (secondary N) is 3. The molecule has 0 bridgehead atoms. The van der Waals surface area contributed by atoms with Crippen LogP contribution >= 0.6 is 0 Å². The molecule has 2 aliphatic rings. The summed E-state index contributed by atoms with van der Waals surface area (Å²) in [5, 5.41) is 17.6. The SMILES string of the molecule is Cc1n[nH]c(C)c1-c1ccc(NC(=O)[C@@H](NC(=O)C2(F)CC2)[C@@H]2CCc3ccc(-c4cnn(C(C)(C)CN)c4)cc32)cc1. The van der Waals surface area contributed by atoms with E-state index in [4.69, 9.17) is 5.73 Å². The number of nitrogens with zero attached hydrogens (tertiary/aromatic N) is 3. The molecule has 9 nitrogen and oxygen atoms in total. The molecule has 0 saturated heterocycles. The van der Waals surface area contributed by atoms with E-state index in [2.05, 4.69) is 44.1 Å². The molecule has 0 unspecified atom stereocenters. The third-order valence-electron chi connectivity index (χ3n) is 8.94. The fourth-order valence-electron chi connectivity index (χ4n) is 5.93. The molecule has 6 rings (SSSR count). The fourth-order valence-corrected chi connectivity index (χ4v) is 5.93. The fraction of sp³-hybridized carbons (Fsp3) is 0.394. The number of halogens is 1. The second kappa shape index (κ2) is 10.8. The average Bonchev–Trinajstić information content (AvgIpc) is 3.33. The number of anilines is 1. The number of amides is 2. The molecule has 2 aromatic heterocycles. The van der Waals surface area contributed by atoms with Crippen molar-refractivity contribution in [2.24, 2.45) is 5.73 Å². The van der Waals surface area contributed by atoms with Crippen LogP contribution < -0.4 is 16.4 Å². The van der Waals surface area contributed by atoms with Crippen LogP contribution in [0, 0.1) is 13.8 Å². The van der Waals surface area contributed by atoms with Crippen molar-refractivity contribution in [1.29, 1.82) is 0 Å². The Balaban J connectivity index is 1.28. The largest absolute Gasteiger partial charge is 0.341 e. The first-order chi connectivity index (χ1) is 20.5. The summed E-state index contributed by atoms with van der Waals surface area (Å²) in [5.74, 6) is -1.40. The van der Waals surface area contributed by atoms with Gasteiger partial charge < -0.3 is 16.4 Å². The van der Waals surface area contributed by atoms with E-state index in [1.54, 1.807) is 0 Å². The number of alkyl halides is 1. The zero-order valence-electron chi connectivity index (χ0n) is 25.0. The number of carbonyl (C=O) groups excluding carboxylic acids is 2. The van der Waals surface area contributed by atoms with E-state index in [0.29, 0.717) is 18.7 Å². The van der Waals surface area contributed by atoms with Crippen LogP contribution in [-0.2, 0) is 21.5 Å². The van der Waals surface area contributed by atoms with E-state index in [1.165, 1.54) is 0 Å². The summed E-state index contributed by atoms with van der Waals surface area (Å²) >= 11 is 0. The van der Waals surface area contributed by atoms with Crippen molar-refractivity contribution >= 4 is 17.5 Å². The monoisotopic (exact) mass is 583 g/mol. The van der Waals surface area contributed by atoms with Gasteiger partial charge in [0.15, 0.2) is 5.67 Å². The number of carbonyl (C=O) groups is 2. The van der Waals surface area contributed by atoms with E-state index in [0.717, 1.165) is 51.2 Å². The maximum absolute atomic E-state index is 14.8. The molecule has 4 aromatic rings. The molecule has 2 aliphatic carbocycles. The van der Waals surface area contributed by atoms with Gasteiger partial charge in [-0.2, -0.15) is 10.2 Å². The van der Waals surface area contributed by atoms with Crippen molar-refractivity contribution in [3.63, 3.8) is 0 Å². The summed E-state index contributed by atoms with van der Waals surface area (Å²) in [6.07, 6.45) is 5.56. The first-order valence-electron chi connectivity index (χ1n) is 14.8. The van der Waals surface area contributed by atoms with Crippen LogP contribution in [-0.4, -0.2) is 50.0 Å². The summed E-state index contributed by atoms with van der Waals surface area (Å²) in [6.45, 7) is 8.40. The second-order valence-corrected chi connectivity index (χ2v) is 12.5. The Morgan fingerprint density at radius 2 is 1.86 bits per heavy atom. The maximum atomic E-state index is 14.8. The zero-order chi connectivity index (χ0) is 30.5. The Kier molecular flexibility index (Phi) is 7.20. The van der Waals surface area contributed by atoms with E-state index in [1.807, 2.05) is 69.0 Å². The maximum Gasteiger partial charge on any atom is 0.258 e.